The van der Waals surface area contributed by atoms with Crippen LogP contribution < -0.4 is 20.4 Å². The molecule has 1 aromatic carbocycles. The van der Waals surface area contributed by atoms with Gasteiger partial charge in [-0.15, -0.1) is 0 Å². The number of carbonyl (C=O) groups excluding carboxylic acids is 1. The van der Waals surface area contributed by atoms with Crippen molar-refractivity contribution in [3.8, 4) is 0 Å². The summed E-state index contributed by atoms with van der Waals surface area (Å²) in [5, 5.41) is 6.67. The molecule has 0 spiro atoms. The first-order valence-electron chi connectivity index (χ1n) is 10.4. The molecule has 1 aliphatic rings. The van der Waals surface area contributed by atoms with Gasteiger partial charge in [-0.25, -0.2) is 9.78 Å². The number of amides is 2. The molecule has 1 fully saturated rings. The average molecular weight is 397 g/mol. The van der Waals surface area contributed by atoms with Crippen molar-refractivity contribution in [2.24, 2.45) is 0 Å². The second kappa shape index (κ2) is 9.58. The summed E-state index contributed by atoms with van der Waals surface area (Å²) in [7, 11) is 3.98. The Morgan fingerprint density at radius 2 is 1.76 bits per heavy atom. The Morgan fingerprint density at radius 3 is 2.38 bits per heavy atom. The molecule has 29 heavy (non-hydrogen) atoms. The third kappa shape index (κ3) is 5.37. The predicted octanol–water partition coefficient (Wildman–Crippen LogP) is 3.81. The minimum Gasteiger partial charge on any atom is -0.362 e. The molecular weight excluding hydrogens is 364 g/mol. The van der Waals surface area contributed by atoms with Crippen LogP contribution in [0.2, 0.25) is 0 Å². The van der Waals surface area contributed by atoms with E-state index in [1.807, 2.05) is 69.4 Å². The highest BCUT2D eigenvalue weighted by Gasteiger charge is 2.25. The highest BCUT2D eigenvalue weighted by atomic mass is 16.2. The van der Waals surface area contributed by atoms with Crippen LogP contribution in [0.1, 0.15) is 38.2 Å². The molecule has 0 saturated heterocycles. The molecule has 0 unspecified atom stereocenters. The Hall–Kier alpha value is -2.83. The van der Waals surface area contributed by atoms with Crippen LogP contribution in [0.25, 0.3) is 0 Å². The van der Waals surface area contributed by atoms with Gasteiger partial charge in [0.1, 0.15) is 5.82 Å². The minimum absolute atomic E-state index is 0.0207. The average Bonchev–Trinajstić information content (AvgIpc) is 2.72. The molecule has 1 heterocycles. The van der Waals surface area contributed by atoms with Gasteiger partial charge in [0, 0.05) is 50.2 Å². The third-order valence-corrected chi connectivity index (χ3v) is 5.39. The highest BCUT2D eigenvalue weighted by molar-refractivity contribution is 5.92. The van der Waals surface area contributed by atoms with Crippen LogP contribution in [0.4, 0.5) is 22.2 Å². The van der Waals surface area contributed by atoms with E-state index in [0.29, 0.717) is 18.5 Å². The monoisotopic (exact) mass is 396 g/mol. The molecule has 1 aliphatic carbocycles. The van der Waals surface area contributed by atoms with Crippen LogP contribution in [0.3, 0.4) is 0 Å². The van der Waals surface area contributed by atoms with E-state index in [2.05, 4.69) is 20.6 Å². The van der Waals surface area contributed by atoms with E-state index in [-0.39, 0.29) is 12.1 Å². The lowest BCUT2D eigenvalue weighted by molar-refractivity contribution is 0.237. The molecule has 0 bridgehead atoms. The normalized spacial score (nSPS) is 18.8. The molecule has 7 heteroatoms. The zero-order valence-corrected chi connectivity index (χ0v) is 17.9. The van der Waals surface area contributed by atoms with E-state index in [0.717, 1.165) is 42.8 Å². The molecule has 2 N–H and O–H groups in total. The summed E-state index contributed by atoms with van der Waals surface area (Å²) >= 11 is 0. The van der Waals surface area contributed by atoms with E-state index in [1.165, 1.54) is 0 Å². The third-order valence-electron chi connectivity index (χ3n) is 5.39. The van der Waals surface area contributed by atoms with Crippen molar-refractivity contribution in [3.05, 3.63) is 42.1 Å². The molecule has 0 atom stereocenters. The minimum atomic E-state index is -0.0207. The van der Waals surface area contributed by atoms with E-state index >= 15 is 0 Å². The lowest BCUT2D eigenvalue weighted by Crippen LogP contribution is -2.47. The summed E-state index contributed by atoms with van der Waals surface area (Å²) in [6.07, 6.45) is 5.72. The fourth-order valence-corrected chi connectivity index (χ4v) is 3.82. The molecule has 1 saturated carbocycles. The maximum absolute atomic E-state index is 12.7. The molecule has 3 rings (SSSR count). The van der Waals surface area contributed by atoms with Gasteiger partial charge in [-0.05, 0) is 51.7 Å². The van der Waals surface area contributed by atoms with Crippen LogP contribution >= 0.6 is 0 Å². The molecule has 0 radical (unpaired) electrons. The number of benzene rings is 1. The number of carbonyl (C=O) groups is 1. The second-order valence-corrected chi connectivity index (χ2v) is 7.82. The smallest absolute Gasteiger partial charge is 0.322 e. The van der Waals surface area contributed by atoms with Gasteiger partial charge in [0.2, 0.25) is 5.95 Å². The first kappa shape index (κ1) is 20.9. The number of rotatable bonds is 6. The maximum Gasteiger partial charge on any atom is 0.322 e. The molecule has 2 aromatic rings. The zero-order valence-electron chi connectivity index (χ0n) is 17.9. The van der Waals surface area contributed by atoms with Crippen molar-refractivity contribution < 1.29 is 4.79 Å². The van der Waals surface area contributed by atoms with Gasteiger partial charge in [0.25, 0.3) is 0 Å². The first-order chi connectivity index (χ1) is 14.0. The Morgan fingerprint density at radius 1 is 1.10 bits per heavy atom. The number of hydrogen-bond acceptors (Lipinski definition) is 5. The molecule has 0 aliphatic heterocycles. The fraction of sp³-hybridized carbons (Fsp3) is 0.500. The summed E-state index contributed by atoms with van der Waals surface area (Å²) in [6, 6.07) is 10.3. The van der Waals surface area contributed by atoms with Crippen LogP contribution in [0, 0.1) is 6.92 Å². The summed E-state index contributed by atoms with van der Waals surface area (Å²) in [6.45, 7) is 4.66. The van der Waals surface area contributed by atoms with Crippen molar-refractivity contribution in [2.45, 2.75) is 51.6 Å². The number of nitrogens with one attached hydrogen (secondary N) is 2. The SMILES string of the molecule is CCN(C(=O)N[C@H]1CC[C@@H](Nc2ncc(C)c(N(C)C)n2)CC1)c1ccccc1. The number of aryl methyl sites for hydroxylation is 1. The van der Waals surface area contributed by atoms with Crippen LogP contribution in [-0.4, -0.2) is 48.7 Å². The predicted molar refractivity (Wildman–Crippen MR) is 119 cm³/mol. The first-order valence-corrected chi connectivity index (χ1v) is 10.4. The van der Waals surface area contributed by atoms with Crippen molar-refractivity contribution in [3.63, 3.8) is 0 Å². The number of nitrogens with zero attached hydrogens (tertiary/aromatic N) is 4. The van der Waals surface area contributed by atoms with Gasteiger partial charge in [-0.3, -0.25) is 4.90 Å². The summed E-state index contributed by atoms with van der Waals surface area (Å²) in [5.74, 6) is 1.61. The number of anilines is 3. The zero-order chi connectivity index (χ0) is 20.8. The van der Waals surface area contributed by atoms with E-state index in [9.17, 15) is 4.79 Å². The Bertz CT molecular complexity index is 802. The number of aromatic nitrogens is 2. The molecule has 7 nitrogen and oxygen atoms in total. The van der Waals surface area contributed by atoms with Crippen molar-refractivity contribution in [1.82, 2.24) is 15.3 Å². The maximum atomic E-state index is 12.7. The lowest BCUT2D eigenvalue weighted by atomic mass is 9.91. The van der Waals surface area contributed by atoms with Crippen molar-refractivity contribution in [1.29, 1.82) is 0 Å². The quantitative estimate of drug-likeness (QED) is 0.777. The van der Waals surface area contributed by atoms with Crippen LogP contribution in [-0.2, 0) is 0 Å². The second-order valence-electron chi connectivity index (χ2n) is 7.82. The topological polar surface area (TPSA) is 73.4 Å². The molecule has 2 amide bonds. The largest absolute Gasteiger partial charge is 0.362 e. The standard InChI is InChI=1S/C22H32N6O/c1-5-28(19-9-7-6-8-10-19)22(29)25-18-13-11-17(12-14-18)24-21-23-15-16(2)20(26-21)27(3)4/h6-10,15,17-18H,5,11-14H2,1-4H3,(H,25,29)(H,23,24,26)/t17-,18+. The Labute approximate surface area is 173 Å². The van der Waals surface area contributed by atoms with E-state index in [4.69, 9.17) is 0 Å². The van der Waals surface area contributed by atoms with Gasteiger partial charge in [-0.2, -0.15) is 4.98 Å². The molecular formula is C22H32N6O. The lowest BCUT2D eigenvalue weighted by Gasteiger charge is -2.31. The van der Waals surface area contributed by atoms with E-state index in [1.54, 1.807) is 4.90 Å². The molecule has 1 aromatic heterocycles. The van der Waals surface area contributed by atoms with Gasteiger partial charge < -0.3 is 15.5 Å². The van der Waals surface area contributed by atoms with Gasteiger partial charge in [0.05, 0.1) is 0 Å². The summed E-state index contributed by atoms with van der Waals surface area (Å²) in [4.78, 5) is 25.6. The Kier molecular flexibility index (Phi) is 6.90. The van der Waals surface area contributed by atoms with E-state index < -0.39 is 0 Å². The number of para-hydroxylation sites is 1. The Balaban J connectivity index is 1.51. The van der Waals surface area contributed by atoms with Crippen molar-refractivity contribution >= 4 is 23.5 Å². The number of hydrogen-bond donors (Lipinski definition) is 2. The highest BCUT2D eigenvalue weighted by Crippen LogP contribution is 2.23. The fourth-order valence-electron chi connectivity index (χ4n) is 3.82. The van der Waals surface area contributed by atoms with Crippen LogP contribution in [0.15, 0.2) is 36.5 Å². The summed E-state index contributed by atoms with van der Waals surface area (Å²) < 4.78 is 0. The van der Waals surface area contributed by atoms with Crippen molar-refractivity contribution in [2.75, 3.05) is 35.8 Å². The molecule has 156 valence electrons. The van der Waals surface area contributed by atoms with Gasteiger partial charge in [0.15, 0.2) is 0 Å². The number of urea groups is 1. The van der Waals surface area contributed by atoms with Gasteiger partial charge >= 0.3 is 6.03 Å². The summed E-state index contributed by atoms with van der Waals surface area (Å²) in [5.41, 5.74) is 1.99. The van der Waals surface area contributed by atoms with Crippen LogP contribution in [0.5, 0.6) is 0 Å². The van der Waals surface area contributed by atoms with Gasteiger partial charge in [-0.1, -0.05) is 18.2 Å².